The number of hydrogen-bond donors (Lipinski definition) is 0. The van der Waals surface area contributed by atoms with Crippen LogP contribution < -0.4 is 0 Å². The second-order valence-corrected chi connectivity index (χ2v) is 11.4. The molecule has 3 heteroatoms. The maximum atomic E-state index is 9.27. The molecule has 94 valence electrons. The van der Waals surface area contributed by atoms with Crippen LogP contribution in [0.2, 0.25) is 16.6 Å². The molecule has 0 saturated carbocycles. The van der Waals surface area contributed by atoms with Crippen molar-refractivity contribution in [1.82, 2.24) is 4.23 Å². The molecule has 0 aliphatic heterocycles. The van der Waals surface area contributed by atoms with Gasteiger partial charge in [0.2, 0.25) is 0 Å². The summed E-state index contributed by atoms with van der Waals surface area (Å²) in [5.41, 5.74) is 2.71. The topological polar surface area (TPSA) is 28.7 Å². The van der Waals surface area contributed by atoms with E-state index in [2.05, 4.69) is 58.0 Å². The van der Waals surface area contributed by atoms with Crippen molar-refractivity contribution < 1.29 is 0 Å². The quantitative estimate of drug-likeness (QED) is 0.727. The molecule has 0 N–H and O–H groups in total. The fourth-order valence-electron chi connectivity index (χ4n) is 3.64. The van der Waals surface area contributed by atoms with E-state index < -0.39 is 8.24 Å². The Hall–Kier alpha value is -1.01. The van der Waals surface area contributed by atoms with E-state index in [1.807, 2.05) is 12.1 Å². The monoisotopic (exact) mass is 248 g/mol. The summed E-state index contributed by atoms with van der Waals surface area (Å²) in [6.45, 7) is 13.9. The third-order valence-electron chi connectivity index (χ3n) is 4.06. The van der Waals surface area contributed by atoms with Crippen molar-refractivity contribution in [3.8, 4) is 6.07 Å². The van der Waals surface area contributed by atoms with Gasteiger partial charge < -0.3 is 4.23 Å². The molecule has 0 fully saturated rings. The average molecular weight is 248 g/mol. The van der Waals surface area contributed by atoms with Crippen LogP contribution in [-0.2, 0) is 0 Å². The molecule has 0 radical (unpaired) electrons. The van der Waals surface area contributed by atoms with E-state index in [1.165, 1.54) is 0 Å². The van der Waals surface area contributed by atoms with E-state index in [-0.39, 0.29) is 0 Å². The van der Waals surface area contributed by atoms with Gasteiger partial charge in [-0.05, 0) is 35.0 Å². The second-order valence-electron chi connectivity index (χ2n) is 5.73. The van der Waals surface area contributed by atoms with Crippen LogP contribution >= 0.6 is 0 Å². The molecule has 1 aromatic heterocycles. The number of aromatic nitrogens is 1. The Bertz CT molecular complexity index is 388. The van der Waals surface area contributed by atoms with Crippen LogP contribution in [0.4, 0.5) is 0 Å². The molecule has 0 atom stereocenters. The highest BCUT2D eigenvalue weighted by atomic mass is 28.3. The minimum absolute atomic E-state index is 0.627. The van der Waals surface area contributed by atoms with Gasteiger partial charge in [-0.25, -0.2) is 0 Å². The molecule has 1 heterocycles. The molecule has 0 bridgehead atoms. The van der Waals surface area contributed by atoms with Crippen molar-refractivity contribution in [1.29, 1.82) is 5.26 Å². The molecule has 0 aliphatic rings. The van der Waals surface area contributed by atoms with Gasteiger partial charge in [0.1, 0.15) is 11.8 Å². The summed E-state index contributed by atoms with van der Waals surface area (Å²) in [4.78, 5) is 0. The van der Waals surface area contributed by atoms with Gasteiger partial charge in [-0.3, -0.25) is 0 Å². The zero-order valence-electron chi connectivity index (χ0n) is 11.9. The van der Waals surface area contributed by atoms with Crippen LogP contribution in [0.3, 0.4) is 0 Å². The number of nitrogens with zero attached hydrogens (tertiary/aromatic N) is 2. The zero-order chi connectivity index (χ0) is 13.2. The molecule has 1 aromatic rings. The highest BCUT2D eigenvalue weighted by molar-refractivity contribution is 6.82. The van der Waals surface area contributed by atoms with Crippen molar-refractivity contribution in [2.45, 2.75) is 58.2 Å². The summed E-state index contributed by atoms with van der Waals surface area (Å²) in [6.07, 6.45) is 2.12. The third kappa shape index (κ3) is 2.06. The van der Waals surface area contributed by atoms with Crippen molar-refractivity contribution in [3.63, 3.8) is 0 Å². The first-order valence-corrected chi connectivity index (χ1v) is 8.64. The van der Waals surface area contributed by atoms with Crippen molar-refractivity contribution in [2.75, 3.05) is 0 Å². The molecule has 0 aliphatic carbocycles. The van der Waals surface area contributed by atoms with Crippen LogP contribution in [-0.4, -0.2) is 12.5 Å². The number of hydrogen-bond acceptors (Lipinski definition) is 1. The molecule has 0 aromatic carbocycles. The highest BCUT2D eigenvalue weighted by Crippen LogP contribution is 2.43. The molecule has 0 unspecified atom stereocenters. The molecule has 2 nitrogen and oxygen atoms in total. The lowest BCUT2D eigenvalue weighted by atomic mass is 10.5. The highest BCUT2D eigenvalue weighted by Gasteiger charge is 2.45. The molecule has 0 amide bonds. The minimum Gasteiger partial charge on any atom is -0.365 e. The molecular formula is C14H24N2Si. The lowest BCUT2D eigenvalue weighted by Crippen LogP contribution is -2.52. The van der Waals surface area contributed by atoms with Gasteiger partial charge in [0.05, 0.1) is 0 Å². The largest absolute Gasteiger partial charge is 0.365 e. The number of rotatable bonds is 4. The van der Waals surface area contributed by atoms with Gasteiger partial charge in [-0.1, -0.05) is 41.5 Å². The van der Waals surface area contributed by atoms with Gasteiger partial charge in [-0.2, -0.15) is 5.26 Å². The van der Waals surface area contributed by atoms with Gasteiger partial charge in [0, 0.05) is 0 Å². The van der Waals surface area contributed by atoms with Crippen LogP contribution in [0.5, 0.6) is 0 Å². The van der Waals surface area contributed by atoms with Gasteiger partial charge >= 0.3 is 0 Å². The smallest absolute Gasteiger partial charge is 0.170 e. The summed E-state index contributed by atoms with van der Waals surface area (Å²) in [6, 6.07) is 6.29. The summed E-state index contributed by atoms with van der Waals surface area (Å²) >= 11 is 0. The first kappa shape index (κ1) is 14.0. The Kier molecular flexibility index (Phi) is 4.21. The van der Waals surface area contributed by atoms with E-state index >= 15 is 0 Å². The lowest BCUT2D eigenvalue weighted by Gasteiger charge is -2.44. The Morgan fingerprint density at radius 3 is 1.88 bits per heavy atom. The molecular weight excluding hydrogens is 224 g/mol. The average Bonchev–Trinajstić information content (AvgIpc) is 2.65. The molecule has 1 rings (SSSR count). The van der Waals surface area contributed by atoms with Crippen molar-refractivity contribution in [3.05, 3.63) is 24.0 Å². The zero-order valence-corrected chi connectivity index (χ0v) is 12.9. The predicted molar refractivity (Wildman–Crippen MR) is 75.6 cm³/mol. The van der Waals surface area contributed by atoms with E-state index in [1.54, 1.807) is 0 Å². The summed E-state index contributed by atoms with van der Waals surface area (Å²) < 4.78 is 2.33. The summed E-state index contributed by atoms with van der Waals surface area (Å²) in [7, 11) is -1.72. The van der Waals surface area contributed by atoms with Crippen molar-refractivity contribution >= 4 is 8.24 Å². The third-order valence-corrected chi connectivity index (χ3v) is 10.8. The van der Waals surface area contributed by atoms with Gasteiger partial charge in [0.25, 0.3) is 0 Å². The van der Waals surface area contributed by atoms with E-state index in [0.29, 0.717) is 16.6 Å². The molecule has 0 spiro atoms. The maximum absolute atomic E-state index is 9.27. The fourth-order valence-corrected chi connectivity index (χ4v) is 10.2. The van der Waals surface area contributed by atoms with Gasteiger partial charge in [0.15, 0.2) is 8.24 Å². The van der Waals surface area contributed by atoms with Crippen molar-refractivity contribution in [2.24, 2.45) is 0 Å². The summed E-state index contributed by atoms with van der Waals surface area (Å²) in [5, 5.41) is 9.27. The Morgan fingerprint density at radius 2 is 1.53 bits per heavy atom. The maximum Gasteiger partial charge on any atom is 0.170 e. The Morgan fingerprint density at radius 1 is 1.06 bits per heavy atom. The van der Waals surface area contributed by atoms with Crippen LogP contribution in [0.1, 0.15) is 47.2 Å². The lowest BCUT2D eigenvalue weighted by molar-refractivity contribution is 0.762. The second kappa shape index (κ2) is 5.10. The van der Waals surface area contributed by atoms with Crippen LogP contribution in [0.25, 0.3) is 0 Å². The summed E-state index contributed by atoms with van der Waals surface area (Å²) in [5.74, 6) is 0. The minimum atomic E-state index is -1.72. The first-order chi connectivity index (χ1) is 7.88. The SMILES string of the molecule is CC(C)[Si](C(C)C)(C(C)C)n1cccc1C#N. The standard InChI is InChI=1S/C14H24N2Si/c1-11(2)17(12(3)4,13(5)6)16-9-7-8-14(16)10-15/h7-9,11-13H,1-6H3. The van der Waals surface area contributed by atoms with Crippen LogP contribution in [0.15, 0.2) is 18.3 Å². The fraction of sp³-hybridized carbons (Fsp3) is 0.643. The van der Waals surface area contributed by atoms with E-state index in [4.69, 9.17) is 0 Å². The molecule has 17 heavy (non-hydrogen) atoms. The van der Waals surface area contributed by atoms with E-state index in [0.717, 1.165) is 5.69 Å². The van der Waals surface area contributed by atoms with Crippen LogP contribution in [0, 0.1) is 11.3 Å². The molecule has 0 saturated heterocycles. The Labute approximate surface area is 106 Å². The first-order valence-electron chi connectivity index (χ1n) is 6.46. The number of nitriles is 1. The Balaban J connectivity index is 3.48. The normalized spacial score (nSPS) is 12.5. The predicted octanol–water partition coefficient (Wildman–Crippen LogP) is 4.38. The van der Waals surface area contributed by atoms with E-state index in [9.17, 15) is 5.26 Å². The van der Waals surface area contributed by atoms with Gasteiger partial charge in [-0.15, -0.1) is 0 Å².